The Kier molecular flexibility index (Phi) is 3.32. The fraction of sp³-hybridized carbons (Fsp3) is 0.333. The van der Waals surface area contributed by atoms with Crippen molar-refractivity contribution in [2.24, 2.45) is 0 Å². The number of hydrogen-bond acceptors (Lipinski definition) is 0. The van der Waals surface area contributed by atoms with E-state index in [1.165, 1.54) is 22.3 Å². The van der Waals surface area contributed by atoms with Crippen molar-refractivity contribution in [2.75, 3.05) is 0 Å². The van der Waals surface area contributed by atoms with E-state index >= 15 is 0 Å². The predicted octanol–water partition coefficient (Wildman–Crippen LogP) is 4.06. The van der Waals surface area contributed by atoms with Gasteiger partial charge in [-0.3, -0.25) is 0 Å². The average Bonchev–Trinajstić information content (AvgIpc) is 1.96. The van der Waals surface area contributed by atoms with Gasteiger partial charge in [-0.25, -0.2) is 0 Å². The molecule has 0 amide bonds. The van der Waals surface area contributed by atoms with Crippen molar-refractivity contribution in [1.29, 1.82) is 0 Å². The SMILES string of the molecule is C=C(Br)Cc1c(C)cc(C)cc1C. The summed E-state index contributed by atoms with van der Waals surface area (Å²) in [6.07, 6.45) is 0.929. The second-order valence-electron chi connectivity index (χ2n) is 3.57. The molecule has 0 aliphatic heterocycles. The van der Waals surface area contributed by atoms with Crippen molar-refractivity contribution in [2.45, 2.75) is 27.2 Å². The molecule has 0 fully saturated rings. The number of hydrogen-bond donors (Lipinski definition) is 0. The molecule has 0 bridgehead atoms. The van der Waals surface area contributed by atoms with Crippen LogP contribution in [0, 0.1) is 20.8 Å². The maximum absolute atomic E-state index is 3.87. The molecule has 0 saturated heterocycles. The molecule has 0 saturated carbocycles. The number of allylic oxidation sites excluding steroid dienone is 1. The Morgan fingerprint density at radius 2 is 1.69 bits per heavy atom. The lowest BCUT2D eigenvalue weighted by atomic mass is 9.97. The van der Waals surface area contributed by atoms with E-state index in [4.69, 9.17) is 0 Å². The van der Waals surface area contributed by atoms with Crippen LogP contribution in [0.15, 0.2) is 23.2 Å². The van der Waals surface area contributed by atoms with Gasteiger partial charge in [0.2, 0.25) is 0 Å². The molecular weight excluding hydrogens is 224 g/mol. The Balaban J connectivity index is 3.13. The minimum atomic E-state index is 0.929. The van der Waals surface area contributed by atoms with Crippen molar-refractivity contribution >= 4 is 15.9 Å². The highest BCUT2D eigenvalue weighted by atomic mass is 79.9. The monoisotopic (exact) mass is 238 g/mol. The molecule has 0 heterocycles. The third kappa shape index (κ3) is 2.70. The van der Waals surface area contributed by atoms with Gasteiger partial charge < -0.3 is 0 Å². The van der Waals surface area contributed by atoms with Crippen molar-refractivity contribution < 1.29 is 0 Å². The van der Waals surface area contributed by atoms with Gasteiger partial charge in [-0.2, -0.15) is 0 Å². The second-order valence-corrected chi connectivity index (χ2v) is 4.69. The zero-order valence-corrected chi connectivity index (χ0v) is 10.0. The maximum Gasteiger partial charge on any atom is 0.00399 e. The Morgan fingerprint density at radius 1 is 1.23 bits per heavy atom. The third-order valence-electron chi connectivity index (χ3n) is 2.21. The Hall–Kier alpha value is -0.560. The number of benzene rings is 1. The topological polar surface area (TPSA) is 0 Å². The first-order valence-electron chi connectivity index (χ1n) is 4.40. The van der Waals surface area contributed by atoms with Crippen LogP contribution in [0.1, 0.15) is 22.3 Å². The fourth-order valence-electron chi connectivity index (χ4n) is 1.68. The lowest BCUT2D eigenvalue weighted by Gasteiger charge is -2.10. The summed E-state index contributed by atoms with van der Waals surface area (Å²) in [5, 5.41) is 0. The molecule has 0 aliphatic carbocycles. The summed E-state index contributed by atoms with van der Waals surface area (Å²) in [6.45, 7) is 10.3. The van der Waals surface area contributed by atoms with Crippen molar-refractivity contribution in [1.82, 2.24) is 0 Å². The smallest absolute Gasteiger partial charge is 0.00399 e. The van der Waals surface area contributed by atoms with Gasteiger partial charge in [0, 0.05) is 6.42 Å². The van der Waals surface area contributed by atoms with E-state index in [1.807, 2.05) is 0 Å². The van der Waals surface area contributed by atoms with Crippen LogP contribution in [-0.2, 0) is 6.42 Å². The van der Waals surface area contributed by atoms with E-state index in [0.717, 1.165) is 10.9 Å². The average molecular weight is 239 g/mol. The van der Waals surface area contributed by atoms with Crippen LogP contribution >= 0.6 is 15.9 Å². The summed E-state index contributed by atoms with van der Waals surface area (Å²) in [5.41, 5.74) is 5.45. The van der Waals surface area contributed by atoms with Gasteiger partial charge >= 0.3 is 0 Å². The van der Waals surface area contributed by atoms with Crippen molar-refractivity contribution in [3.63, 3.8) is 0 Å². The largest absolute Gasteiger partial charge is 0.0885 e. The first-order chi connectivity index (χ1) is 6.00. The molecule has 1 aromatic rings. The highest BCUT2D eigenvalue weighted by Crippen LogP contribution is 2.20. The molecule has 0 spiro atoms. The summed E-state index contributed by atoms with van der Waals surface area (Å²) < 4.78 is 1.04. The van der Waals surface area contributed by atoms with Crippen LogP contribution in [0.5, 0.6) is 0 Å². The molecule has 1 aromatic carbocycles. The van der Waals surface area contributed by atoms with Gasteiger partial charge in [0.15, 0.2) is 0 Å². The van der Waals surface area contributed by atoms with Crippen LogP contribution in [-0.4, -0.2) is 0 Å². The number of aryl methyl sites for hydroxylation is 3. The van der Waals surface area contributed by atoms with Crippen LogP contribution in [0.25, 0.3) is 0 Å². The normalized spacial score (nSPS) is 10.2. The molecule has 0 nitrogen and oxygen atoms in total. The zero-order chi connectivity index (χ0) is 10.0. The molecule has 1 heteroatoms. The summed E-state index contributed by atoms with van der Waals surface area (Å²) in [4.78, 5) is 0. The van der Waals surface area contributed by atoms with E-state index in [0.29, 0.717) is 0 Å². The van der Waals surface area contributed by atoms with Gasteiger partial charge in [0.25, 0.3) is 0 Å². The highest BCUT2D eigenvalue weighted by Gasteiger charge is 2.03. The standard InChI is InChI=1S/C12H15Br/c1-8-5-9(2)12(7-11(4)13)10(3)6-8/h5-6H,4,7H2,1-3H3. The minimum absolute atomic E-state index is 0.929. The fourth-order valence-corrected chi connectivity index (χ4v) is 1.96. The molecule has 0 unspecified atom stereocenters. The van der Waals surface area contributed by atoms with E-state index < -0.39 is 0 Å². The highest BCUT2D eigenvalue weighted by molar-refractivity contribution is 9.11. The summed E-state index contributed by atoms with van der Waals surface area (Å²) >= 11 is 3.40. The number of rotatable bonds is 2. The van der Waals surface area contributed by atoms with Crippen LogP contribution < -0.4 is 0 Å². The van der Waals surface area contributed by atoms with E-state index in [-0.39, 0.29) is 0 Å². The first-order valence-corrected chi connectivity index (χ1v) is 5.20. The predicted molar refractivity (Wildman–Crippen MR) is 62.4 cm³/mol. The van der Waals surface area contributed by atoms with Crippen LogP contribution in [0.4, 0.5) is 0 Å². The molecule has 70 valence electrons. The summed E-state index contributed by atoms with van der Waals surface area (Å²) in [5.74, 6) is 0. The maximum atomic E-state index is 3.87. The van der Waals surface area contributed by atoms with Crippen LogP contribution in [0.3, 0.4) is 0 Å². The lowest BCUT2D eigenvalue weighted by molar-refractivity contribution is 1.15. The van der Waals surface area contributed by atoms with Gasteiger partial charge in [-0.05, 0) is 41.9 Å². The molecule has 0 atom stereocenters. The van der Waals surface area contributed by atoms with Crippen molar-refractivity contribution in [3.05, 3.63) is 45.4 Å². The Bertz CT molecular complexity index is 314. The Morgan fingerprint density at radius 3 is 2.08 bits per heavy atom. The first kappa shape index (κ1) is 10.5. The zero-order valence-electron chi connectivity index (χ0n) is 8.45. The quantitative estimate of drug-likeness (QED) is 0.729. The summed E-state index contributed by atoms with van der Waals surface area (Å²) in [6, 6.07) is 4.44. The molecule has 0 radical (unpaired) electrons. The van der Waals surface area contributed by atoms with E-state index in [1.54, 1.807) is 0 Å². The summed E-state index contributed by atoms with van der Waals surface area (Å²) in [7, 11) is 0. The number of halogens is 1. The molecule has 1 rings (SSSR count). The van der Waals surface area contributed by atoms with Crippen LogP contribution in [0.2, 0.25) is 0 Å². The van der Waals surface area contributed by atoms with Gasteiger partial charge in [-0.15, -0.1) is 0 Å². The molecular formula is C12H15Br. The molecule has 0 N–H and O–H groups in total. The lowest BCUT2D eigenvalue weighted by Crippen LogP contribution is -1.94. The minimum Gasteiger partial charge on any atom is -0.0885 e. The van der Waals surface area contributed by atoms with Gasteiger partial charge in [0.1, 0.15) is 0 Å². The van der Waals surface area contributed by atoms with E-state index in [2.05, 4.69) is 55.4 Å². The molecule has 0 aliphatic rings. The Labute approximate surface area is 88.8 Å². The third-order valence-corrected chi connectivity index (χ3v) is 2.49. The van der Waals surface area contributed by atoms with E-state index in [9.17, 15) is 0 Å². The molecule has 0 aromatic heterocycles. The molecule has 13 heavy (non-hydrogen) atoms. The second kappa shape index (κ2) is 4.10. The van der Waals surface area contributed by atoms with Gasteiger partial charge in [0.05, 0.1) is 0 Å². The van der Waals surface area contributed by atoms with Crippen molar-refractivity contribution in [3.8, 4) is 0 Å². The van der Waals surface area contributed by atoms with Gasteiger partial charge in [-0.1, -0.05) is 40.2 Å².